The van der Waals surface area contributed by atoms with Gasteiger partial charge in [0.15, 0.2) is 9.84 Å². The minimum Gasteiger partial charge on any atom is -0.458 e. The van der Waals surface area contributed by atoms with E-state index in [0.717, 1.165) is 103 Å². The minimum absolute atomic E-state index is 0. The van der Waals surface area contributed by atoms with Gasteiger partial charge in [-0.3, -0.25) is 14.4 Å². The molecular weight excluding hydrogens is 1890 g/mol. The molecule has 8 aromatic carbocycles. The van der Waals surface area contributed by atoms with Gasteiger partial charge in [0.05, 0.1) is 41.1 Å². The predicted octanol–water partition coefficient (Wildman–Crippen LogP) is 15.8. The lowest BCUT2D eigenvalue weighted by Crippen LogP contribution is -2.52. The number of benzene rings is 8. The Kier molecular flexibility index (Phi) is 43.3. The van der Waals surface area contributed by atoms with Crippen LogP contribution in [0, 0.1) is 59.6 Å². The number of aromatic nitrogens is 2. The van der Waals surface area contributed by atoms with E-state index < -0.39 is 129 Å². The number of carbonyl (C=O) groups excluding carboxylic acids is 6. The third-order valence-electron chi connectivity index (χ3n) is 24.5. The van der Waals surface area contributed by atoms with E-state index in [0.29, 0.717) is 111 Å². The first-order valence-corrected chi connectivity index (χ1v) is 49.3. The molecule has 2 saturated carbocycles. The van der Waals surface area contributed by atoms with Crippen LogP contribution in [0.1, 0.15) is 204 Å². The van der Waals surface area contributed by atoms with E-state index in [9.17, 15) is 68.6 Å². The monoisotopic (exact) mass is 2020 g/mol. The quantitative estimate of drug-likeness (QED) is 0.00760. The molecule has 3 fully saturated rings. The maximum absolute atomic E-state index is 14.7. The number of oxazole rings is 2. The van der Waals surface area contributed by atoms with Crippen LogP contribution in [0.5, 0.6) is 0 Å². The molecular formula is C107H126Cl2F6N12O14S. The summed E-state index contributed by atoms with van der Waals surface area (Å²) in [4.78, 5) is 95.8. The lowest BCUT2D eigenvalue weighted by molar-refractivity contribution is -0.151. The van der Waals surface area contributed by atoms with Crippen molar-refractivity contribution >= 4 is 70.4 Å². The van der Waals surface area contributed by atoms with Gasteiger partial charge in [0.1, 0.15) is 71.8 Å². The van der Waals surface area contributed by atoms with E-state index in [1.807, 2.05) is 108 Å². The molecule has 0 unspecified atom stereocenters. The molecule has 8 atom stereocenters. The molecule has 0 radical (unpaired) electrons. The molecule has 13 rings (SSSR count). The zero-order chi connectivity index (χ0) is 101. The van der Waals surface area contributed by atoms with Gasteiger partial charge in [-0.05, 0) is 232 Å². The Morgan fingerprint density at radius 3 is 1.48 bits per heavy atom. The van der Waals surface area contributed by atoms with Crippen molar-refractivity contribution in [2.45, 2.75) is 204 Å². The van der Waals surface area contributed by atoms with Gasteiger partial charge >= 0.3 is 18.0 Å². The zero-order valence-electron chi connectivity index (χ0n) is 80.5. The number of esters is 2. The second-order valence-electron chi connectivity index (χ2n) is 35.6. The van der Waals surface area contributed by atoms with Gasteiger partial charge in [-0.25, -0.2) is 59.1 Å². The molecule has 3 heterocycles. The number of aryl methyl sites for hydroxylation is 1. The summed E-state index contributed by atoms with van der Waals surface area (Å²) < 4.78 is 138. The Balaban J connectivity index is 0.000000236. The van der Waals surface area contributed by atoms with Crippen molar-refractivity contribution in [2.75, 3.05) is 70.4 Å². The van der Waals surface area contributed by atoms with Gasteiger partial charge in [0, 0.05) is 140 Å². The average Bonchev–Trinajstić information content (AvgIpc) is 1.57. The maximum Gasteiger partial charge on any atom is 0.408 e. The van der Waals surface area contributed by atoms with Crippen LogP contribution in [0.15, 0.2) is 198 Å². The molecule has 2 aromatic heterocycles. The number of sulfone groups is 1. The number of ether oxygens (including phenoxy) is 3. The van der Waals surface area contributed by atoms with Crippen LogP contribution in [0.25, 0.3) is 22.9 Å². The molecule has 1 aliphatic heterocycles. The number of terminal acetylenes is 2. The Morgan fingerprint density at radius 2 is 1.02 bits per heavy atom. The van der Waals surface area contributed by atoms with Gasteiger partial charge < -0.3 is 81.3 Å². The van der Waals surface area contributed by atoms with Crippen LogP contribution in [-0.2, 0) is 72.1 Å². The number of amides is 4. The maximum atomic E-state index is 14.7. The van der Waals surface area contributed by atoms with E-state index in [4.69, 9.17) is 53.1 Å². The molecule has 4 amide bonds. The summed E-state index contributed by atoms with van der Waals surface area (Å²) in [5, 5.41) is 23.6. The van der Waals surface area contributed by atoms with Gasteiger partial charge in [0.2, 0.25) is 11.8 Å². The van der Waals surface area contributed by atoms with Crippen molar-refractivity contribution in [3.8, 4) is 47.6 Å². The second kappa shape index (κ2) is 54.3. The largest absolute Gasteiger partial charge is 0.458 e. The van der Waals surface area contributed by atoms with Gasteiger partial charge in [0.25, 0.3) is 17.7 Å². The van der Waals surface area contributed by atoms with Crippen LogP contribution in [0.4, 0.5) is 31.1 Å². The highest BCUT2D eigenvalue weighted by molar-refractivity contribution is 7.91. The number of unbranched alkanes of at least 4 members (excludes halogenated alkanes) is 1. The predicted molar refractivity (Wildman–Crippen MR) is 536 cm³/mol. The molecule has 142 heavy (non-hydrogen) atoms. The minimum atomic E-state index is -3.75. The van der Waals surface area contributed by atoms with Crippen molar-refractivity contribution in [3.63, 3.8) is 0 Å². The Labute approximate surface area is 838 Å². The number of hydrogen-bond acceptors (Lipinski definition) is 22. The average molecular weight is 2020 g/mol. The van der Waals surface area contributed by atoms with Crippen LogP contribution in [0.2, 0.25) is 0 Å². The highest BCUT2D eigenvalue weighted by Crippen LogP contribution is 2.52. The number of aliphatic hydroxyl groups excluding tert-OH is 1. The van der Waals surface area contributed by atoms with Crippen LogP contribution >= 0.6 is 24.8 Å². The zero-order valence-corrected chi connectivity index (χ0v) is 82.9. The summed E-state index contributed by atoms with van der Waals surface area (Å²) in [7, 11) is -3.75. The molecule has 11 N–H and O–H groups in total. The molecule has 3 aliphatic rings. The first kappa shape index (κ1) is 113. The molecule has 1 saturated heterocycles. The summed E-state index contributed by atoms with van der Waals surface area (Å²) in [6.07, 6.45) is 20.9. The summed E-state index contributed by atoms with van der Waals surface area (Å²) in [5.41, 5.74) is 26.3. The standard InChI is InChI=1S/2C38H40F2N4O4.C31H44F2N4O6S.2ClH/c1-4-13-44(14-5-2)36(45)28-20-27(35-42-12-15-47-35)21-29(22-28)37(46)48-34(33(41)19-26-17-31(39)23-32(40)18-26)24-43-38(10-11-38)30-9-7-8-25(6-3)16-30;1-4-13-43(14-5-2)36(46)28-20-27(35-42-12-15-48-35)21-29(22-28)37(47)44(38(10-11-38)30-9-7-8-25(6-3)16-30)24-34(45)33(41)19-26-17-31(39)23-32(40)18-26;1-3-5-11-44(40,41)20-28(37-31(39)42-26-9-10-35-18-26)30(38)43-29(19-36-17-22-8-6-7-21(4-2)12-22)27(34)15-23-13-24(32)16-25(33)14-23;;/h3,7-9,12,15-18,20-23,33-34,43H,4-5,10-11,13-14,19,24,41H2,1-2H3;3,7-9,12,15-18,20-23,33-34,45H,4-5,10-11,13-14,19,24,41H2,1-2H3;6-8,12-14,16,26-29,35-36H,3-5,9-11,15,17-20,34H2,1-2H3,(H,37,39);2*1H/t2*33-,34+;26-,27+,28-,29-;;/m001../s1. The number of nitrogens with two attached hydrogens (primary N) is 3. The van der Waals surface area contributed by atoms with Crippen molar-refractivity contribution < 1.29 is 91.7 Å². The van der Waals surface area contributed by atoms with Crippen molar-refractivity contribution in [2.24, 2.45) is 17.2 Å². The number of nitrogens with zero attached hydrogens (tertiary/aromatic N) is 5. The Hall–Kier alpha value is -12.3. The fourth-order valence-corrected chi connectivity index (χ4v) is 18.6. The van der Waals surface area contributed by atoms with Gasteiger partial charge in [-0.1, -0.05) is 108 Å². The fraction of sp³-hybridized carbons (Fsp3) is 0.402. The fourth-order valence-electron chi connectivity index (χ4n) is 17.0. The second-order valence-corrected chi connectivity index (χ2v) is 37.9. The number of halogens is 8. The number of carbonyl (C=O) groups is 6. The number of alkyl carbamates (subject to hydrolysis) is 1. The third-order valence-corrected chi connectivity index (χ3v) is 26.2. The molecule has 760 valence electrons. The van der Waals surface area contributed by atoms with Crippen molar-refractivity contribution in [1.29, 1.82) is 0 Å². The lowest BCUT2D eigenvalue weighted by atomic mass is 9.96. The van der Waals surface area contributed by atoms with E-state index in [1.54, 1.807) is 51.1 Å². The molecule has 0 spiro atoms. The van der Waals surface area contributed by atoms with E-state index >= 15 is 0 Å². The smallest absolute Gasteiger partial charge is 0.408 e. The van der Waals surface area contributed by atoms with Crippen molar-refractivity contribution in [3.05, 3.63) is 296 Å². The van der Waals surface area contributed by atoms with E-state index in [1.165, 1.54) is 55.3 Å². The first-order chi connectivity index (χ1) is 67.2. The number of rotatable bonds is 46. The highest BCUT2D eigenvalue weighted by atomic mass is 35.5. The summed E-state index contributed by atoms with van der Waals surface area (Å²) in [5.74, 6) is -2.17. The van der Waals surface area contributed by atoms with E-state index in [-0.39, 0.29) is 121 Å². The van der Waals surface area contributed by atoms with Gasteiger partial charge in [-0.15, -0.1) is 37.7 Å². The normalized spacial score (nSPS) is 15.1. The summed E-state index contributed by atoms with van der Waals surface area (Å²) in [6, 6.07) is 37.6. The molecule has 35 heteroatoms. The van der Waals surface area contributed by atoms with Gasteiger partial charge in [-0.2, -0.15) is 0 Å². The third kappa shape index (κ3) is 32.6. The van der Waals surface area contributed by atoms with Crippen LogP contribution in [0.3, 0.4) is 0 Å². The SMILES string of the molecule is C#Cc1cccc(C2(N(C[C@@H](O)[C@@H](N)Cc3cc(F)cc(F)c3)C(=O)c3cc(C(=O)N(CCC)CCC)cc(-c4ncco4)c3)CC2)c1.C#Cc1cccc(C2(NC[C@@H](OC(=O)c3cc(C(=O)N(CCC)CCC)cc(-c4ncco4)c3)[C@@H](N)Cc3cc(F)cc(F)c3)CC2)c1.CCCCS(=O)(=O)C[C@@H](NC(=O)O[C@@H]1CCNC1)C(=O)O[C@H](CNCc1cccc(CC)c1)[C@@H](N)Cc1cc(F)cc(F)c1.Cl.Cl. The molecule has 2 aliphatic carbocycles. The van der Waals surface area contributed by atoms with Crippen LogP contribution in [-0.4, -0.2) is 193 Å². The summed E-state index contributed by atoms with van der Waals surface area (Å²) >= 11 is 0. The topological polar surface area (TPSA) is 372 Å². The lowest BCUT2D eigenvalue weighted by Gasteiger charge is -2.36. The number of nitrogens with one attached hydrogen (secondary N) is 4. The van der Waals surface area contributed by atoms with Crippen LogP contribution < -0.4 is 38.5 Å². The Bertz CT molecular complexity index is 6010. The molecule has 0 bridgehead atoms. The highest BCUT2D eigenvalue weighted by Gasteiger charge is 2.53. The number of aliphatic hydroxyl groups is 1. The first-order valence-electron chi connectivity index (χ1n) is 47.5. The summed E-state index contributed by atoms with van der Waals surface area (Å²) in [6.45, 7) is 15.6. The van der Waals surface area contributed by atoms with Crippen molar-refractivity contribution in [1.82, 2.24) is 45.9 Å². The molecule has 26 nitrogen and oxygen atoms in total. The Morgan fingerprint density at radius 1 is 0.556 bits per heavy atom. The van der Waals surface area contributed by atoms with E-state index in [2.05, 4.69) is 43.1 Å². The molecule has 10 aromatic rings. The number of hydrogen-bond donors (Lipinski definition) is 8.